The van der Waals surface area contributed by atoms with Crippen molar-refractivity contribution in [2.45, 2.75) is 45.4 Å². The SMILES string of the molecule is C=CCCC1(CCCCC)C(=O)NC(=O)NC1=O. The normalized spacial score (nSPS) is 18.2. The zero-order valence-electron chi connectivity index (χ0n) is 10.8. The highest BCUT2D eigenvalue weighted by molar-refractivity contribution is 6.19. The predicted octanol–water partition coefficient (Wildman–Crippen LogP) is 1.89. The smallest absolute Gasteiger partial charge is 0.277 e. The molecule has 1 aliphatic heterocycles. The molecule has 0 saturated carbocycles. The number of barbiturate groups is 1. The maximum atomic E-state index is 12.0. The molecule has 0 atom stereocenters. The molecule has 0 aromatic carbocycles. The van der Waals surface area contributed by atoms with Gasteiger partial charge in [-0.2, -0.15) is 0 Å². The van der Waals surface area contributed by atoms with Crippen molar-refractivity contribution in [1.29, 1.82) is 0 Å². The third kappa shape index (κ3) is 2.97. The van der Waals surface area contributed by atoms with Gasteiger partial charge in [0, 0.05) is 0 Å². The average molecular weight is 252 g/mol. The Hall–Kier alpha value is -1.65. The summed E-state index contributed by atoms with van der Waals surface area (Å²) >= 11 is 0. The quantitative estimate of drug-likeness (QED) is 0.412. The van der Waals surface area contributed by atoms with Gasteiger partial charge >= 0.3 is 6.03 Å². The molecule has 1 rings (SSSR count). The lowest BCUT2D eigenvalue weighted by Gasteiger charge is -2.33. The predicted molar refractivity (Wildman–Crippen MR) is 67.7 cm³/mol. The van der Waals surface area contributed by atoms with Gasteiger partial charge in [0.1, 0.15) is 5.41 Å². The van der Waals surface area contributed by atoms with Gasteiger partial charge in [-0.15, -0.1) is 6.58 Å². The lowest BCUT2D eigenvalue weighted by molar-refractivity contribution is -0.145. The summed E-state index contributed by atoms with van der Waals surface area (Å²) in [4.78, 5) is 35.1. The highest BCUT2D eigenvalue weighted by Crippen LogP contribution is 2.33. The van der Waals surface area contributed by atoms with Gasteiger partial charge in [-0.3, -0.25) is 20.2 Å². The van der Waals surface area contributed by atoms with Crippen LogP contribution >= 0.6 is 0 Å². The number of imide groups is 2. The number of carbonyl (C=O) groups excluding carboxylic acids is 3. The molecular weight excluding hydrogens is 232 g/mol. The molecule has 1 heterocycles. The molecule has 100 valence electrons. The monoisotopic (exact) mass is 252 g/mol. The first-order chi connectivity index (χ1) is 8.56. The van der Waals surface area contributed by atoms with Crippen molar-refractivity contribution < 1.29 is 14.4 Å². The Morgan fingerprint density at radius 3 is 2.22 bits per heavy atom. The third-order valence-corrected chi connectivity index (χ3v) is 3.31. The number of urea groups is 1. The molecule has 5 heteroatoms. The Kier molecular flexibility index (Phi) is 5.07. The summed E-state index contributed by atoms with van der Waals surface area (Å²) in [5.74, 6) is -0.955. The number of rotatable bonds is 7. The summed E-state index contributed by atoms with van der Waals surface area (Å²) in [6, 6.07) is -0.727. The van der Waals surface area contributed by atoms with Crippen molar-refractivity contribution in [3.05, 3.63) is 12.7 Å². The second-order valence-corrected chi connectivity index (χ2v) is 4.60. The number of unbranched alkanes of at least 4 members (excludes halogenated alkanes) is 2. The van der Waals surface area contributed by atoms with Crippen molar-refractivity contribution in [2.24, 2.45) is 5.41 Å². The Labute approximate surface area is 107 Å². The van der Waals surface area contributed by atoms with Gasteiger partial charge in [0.25, 0.3) is 0 Å². The molecule has 4 amide bonds. The number of hydrogen-bond acceptors (Lipinski definition) is 3. The Balaban J connectivity index is 2.86. The summed E-state index contributed by atoms with van der Waals surface area (Å²) in [6.07, 6.45) is 5.89. The summed E-state index contributed by atoms with van der Waals surface area (Å²) in [7, 11) is 0. The molecule has 0 bridgehead atoms. The first-order valence-electron chi connectivity index (χ1n) is 6.34. The number of carbonyl (C=O) groups is 3. The van der Waals surface area contributed by atoms with Crippen LogP contribution in [0.2, 0.25) is 0 Å². The van der Waals surface area contributed by atoms with E-state index in [1.165, 1.54) is 0 Å². The van der Waals surface area contributed by atoms with E-state index in [0.717, 1.165) is 19.3 Å². The van der Waals surface area contributed by atoms with Crippen molar-refractivity contribution in [3.8, 4) is 0 Å². The Morgan fingerprint density at radius 2 is 1.72 bits per heavy atom. The summed E-state index contributed by atoms with van der Waals surface area (Å²) < 4.78 is 0. The van der Waals surface area contributed by atoms with Crippen molar-refractivity contribution in [2.75, 3.05) is 0 Å². The maximum Gasteiger partial charge on any atom is 0.328 e. The van der Waals surface area contributed by atoms with Crippen LogP contribution < -0.4 is 10.6 Å². The zero-order chi connectivity index (χ0) is 13.6. The Morgan fingerprint density at radius 1 is 1.11 bits per heavy atom. The summed E-state index contributed by atoms with van der Waals surface area (Å²) in [5, 5.41) is 4.38. The van der Waals surface area contributed by atoms with Crippen molar-refractivity contribution in [1.82, 2.24) is 10.6 Å². The first-order valence-corrected chi connectivity index (χ1v) is 6.34. The molecule has 0 radical (unpaired) electrons. The van der Waals surface area contributed by atoms with E-state index >= 15 is 0 Å². The van der Waals surface area contributed by atoms with E-state index in [2.05, 4.69) is 24.1 Å². The largest absolute Gasteiger partial charge is 0.328 e. The van der Waals surface area contributed by atoms with E-state index in [-0.39, 0.29) is 0 Å². The molecule has 0 unspecified atom stereocenters. The standard InChI is InChI=1S/C13H20N2O3/c1-3-5-7-9-13(8-6-4-2)10(16)14-12(18)15-11(13)17/h4H,2-3,5-9H2,1H3,(H2,14,15,16,17,18). The fraction of sp³-hybridized carbons (Fsp3) is 0.615. The first kappa shape index (κ1) is 14.4. The van der Waals surface area contributed by atoms with E-state index in [0.29, 0.717) is 19.3 Å². The van der Waals surface area contributed by atoms with Crippen LogP contribution in [0.4, 0.5) is 4.79 Å². The molecule has 5 nitrogen and oxygen atoms in total. The second-order valence-electron chi connectivity index (χ2n) is 4.60. The molecule has 18 heavy (non-hydrogen) atoms. The summed E-state index contributed by atoms with van der Waals surface area (Å²) in [5.41, 5.74) is -1.11. The van der Waals surface area contributed by atoms with Gasteiger partial charge in [-0.25, -0.2) is 4.79 Å². The van der Waals surface area contributed by atoms with Gasteiger partial charge in [-0.05, 0) is 19.3 Å². The highest BCUT2D eigenvalue weighted by atomic mass is 16.2. The van der Waals surface area contributed by atoms with Crippen LogP contribution in [-0.4, -0.2) is 17.8 Å². The second kappa shape index (κ2) is 6.33. The van der Waals surface area contributed by atoms with Gasteiger partial charge in [0.05, 0.1) is 0 Å². The number of hydrogen-bond donors (Lipinski definition) is 2. The molecule has 1 saturated heterocycles. The molecular formula is C13H20N2O3. The fourth-order valence-corrected chi connectivity index (χ4v) is 2.18. The molecule has 0 aromatic rings. The molecule has 0 aromatic heterocycles. The topological polar surface area (TPSA) is 75.3 Å². The maximum absolute atomic E-state index is 12.0. The molecule has 1 fully saturated rings. The molecule has 0 aliphatic carbocycles. The van der Waals surface area contributed by atoms with Crippen LogP contribution in [0.5, 0.6) is 0 Å². The van der Waals surface area contributed by atoms with Crippen LogP contribution in [-0.2, 0) is 9.59 Å². The fourth-order valence-electron chi connectivity index (χ4n) is 2.18. The lowest BCUT2D eigenvalue weighted by atomic mass is 9.75. The van der Waals surface area contributed by atoms with Crippen molar-refractivity contribution in [3.63, 3.8) is 0 Å². The van der Waals surface area contributed by atoms with Gasteiger partial charge in [-0.1, -0.05) is 32.3 Å². The van der Waals surface area contributed by atoms with E-state index in [1.54, 1.807) is 6.08 Å². The van der Waals surface area contributed by atoms with E-state index in [1.807, 2.05) is 0 Å². The molecule has 2 N–H and O–H groups in total. The summed E-state index contributed by atoms with van der Waals surface area (Å²) in [6.45, 7) is 5.66. The van der Waals surface area contributed by atoms with Crippen molar-refractivity contribution >= 4 is 17.8 Å². The molecule has 0 spiro atoms. The minimum absolute atomic E-state index is 0.394. The average Bonchev–Trinajstić information content (AvgIpc) is 2.31. The number of allylic oxidation sites excluding steroid dienone is 1. The number of amides is 4. The van der Waals surface area contributed by atoms with E-state index in [4.69, 9.17) is 0 Å². The van der Waals surface area contributed by atoms with Gasteiger partial charge in [0.2, 0.25) is 11.8 Å². The van der Waals surface area contributed by atoms with Crippen LogP contribution in [0.15, 0.2) is 12.7 Å². The van der Waals surface area contributed by atoms with Crippen LogP contribution in [0.3, 0.4) is 0 Å². The minimum Gasteiger partial charge on any atom is -0.277 e. The van der Waals surface area contributed by atoms with Crippen LogP contribution in [0, 0.1) is 5.41 Å². The number of nitrogens with one attached hydrogen (secondary N) is 2. The van der Waals surface area contributed by atoms with Crippen LogP contribution in [0.1, 0.15) is 45.4 Å². The minimum atomic E-state index is -1.11. The Bertz CT molecular complexity index is 343. The lowest BCUT2D eigenvalue weighted by Crippen LogP contribution is -2.62. The molecule has 1 aliphatic rings. The van der Waals surface area contributed by atoms with Crippen LogP contribution in [0.25, 0.3) is 0 Å². The van der Waals surface area contributed by atoms with Gasteiger partial charge in [0.15, 0.2) is 0 Å². The zero-order valence-corrected chi connectivity index (χ0v) is 10.8. The highest BCUT2D eigenvalue weighted by Gasteiger charge is 2.48. The van der Waals surface area contributed by atoms with E-state index < -0.39 is 23.3 Å². The third-order valence-electron chi connectivity index (χ3n) is 3.31. The van der Waals surface area contributed by atoms with E-state index in [9.17, 15) is 14.4 Å². The van der Waals surface area contributed by atoms with Gasteiger partial charge < -0.3 is 0 Å².